The number of anilines is 1. The highest BCUT2D eigenvalue weighted by Gasteiger charge is 2.15. The van der Waals surface area contributed by atoms with Crippen LogP contribution in [0, 0.1) is 0 Å². The van der Waals surface area contributed by atoms with E-state index in [4.69, 9.17) is 16.3 Å². The Hall–Kier alpha value is -4.49. The fourth-order valence-corrected chi connectivity index (χ4v) is 3.28. The highest BCUT2D eigenvalue weighted by Crippen LogP contribution is 2.27. The van der Waals surface area contributed by atoms with Crippen LogP contribution in [0.5, 0.6) is 5.75 Å². The number of fused-ring (bicyclic) bond motifs is 1. The number of rotatable bonds is 5. The van der Waals surface area contributed by atoms with Crippen molar-refractivity contribution in [2.24, 2.45) is 5.10 Å². The van der Waals surface area contributed by atoms with E-state index in [9.17, 15) is 14.4 Å². The monoisotopic (exact) mass is 471 g/mol. The van der Waals surface area contributed by atoms with Crippen LogP contribution in [0.25, 0.3) is 10.8 Å². The van der Waals surface area contributed by atoms with Gasteiger partial charge in [0, 0.05) is 16.3 Å². The molecule has 4 aromatic carbocycles. The first-order valence-corrected chi connectivity index (χ1v) is 10.6. The molecule has 0 unspecified atom stereocenters. The first-order chi connectivity index (χ1) is 16.5. The van der Waals surface area contributed by atoms with E-state index < -0.39 is 17.8 Å². The summed E-state index contributed by atoms with van der Waals surface area (Å²) in [5.74, 6) is -2.14. The first kappa shape index (κ1) is 22.7. The third kappa shape index (κ3) is 5.46. The summed E-state index contributed by atoms with van der Waals surface area (Å²) >= 11 is 5.88. The highest BCUT2D eigenvalue weighted by molar-refractivity contribution is 6.39. The van der Waals surface area contributed by atoms with Gasteiger partial charge in [-0.25, -0.2) is 10.2 Å². The number of nitrogens with zero attached hydrogens (tertiary/aromatic N) is 1. The standard InChI is InChI=1S/C26H18ClN3O4/c27-19-13-10-18(11-14-19)26(33)34-23-15-12-17-6-4-5-9-21(17)22(23)16-28-30-25(32)24(31)29-20-7-2-1-3-8-20/h1-16H,(H,29,31)(H,30,32)/b28-16+. The van der Waals surface area contributed by atoms with Gasteiger partial charge in [-0.1, -0.05) is 60.1 Å². The molecule has 0 atom stereocenters. The molecule has 0 aliphatic rings. The lowest BCUT2D eigenvalue weighted by molar-refractivity contribution is -0.136. The van der Waals surface area contributed by atoms with Crippen molar-refractivity contribution in [3.05, 3.63) is 107 Å². The van der Waals surface area contributed by atoms with Gasteiger partial charge < -0.3 is 10.1 Å². The van der Waals surface area contributed by atoms with Gasteiger partial charge in [0.15, 0.2) is 0 Å². The van der Waals surface area contributed by atoms with Gasteiger partial charge in [-0.2, -0.15) is 5.10 Å². The third-order valence-electron chi connectivity index (χ3n) is 4.81. The number of hydrazone groups is 1. The molecule has 0 saturated heterocycles. The minimum Gasteiger partial charge on any atom is -0.422 e. The molecule has 0 bridgehead atoms. The van der Waals surface area contributed by atoms with Crippen LogP contribution in [0.3, 0.4) is 0 Å². The summed E-state index contributed by atoms with van der Waals surface area (Å²) in [6.07, 6.45) is 1.33. The molecule has 34 heavy (non-hydrogen) atoms. The SMILES string of the molecule is O=C(N/N=C/c1c(OC(=O)c2ccc(Cl)cc2)ccc2ccccc12)C(=O)Nc1ccccc1. The third-order valence-corrected chi connectivity index (χ3v) is 5.06. The van der Waals surface area contributed by atoms with E-state index in [1.165, 1.54) is 6.21 Å². The zero-order valence-electron chi connectivity index (χ0n) is 17.7. The molecule has 0 aliphatic heterocycles. The quantitative estimate of drug-likeness (QED) is 0.144. The Morgan fingerprint density at radius 3 is 2.26 bits per heavy atom. The summed E-state index contributed by atoms with van der Waals surface area (Å²) < 4.78 is 5.60. The molecule has 8 heteroatoms. The lowest BCUT2D eigenvalue weighted by Crippen LogP contribution is -2.32. The number of para-hydroxylation sites is 1. The molecule has 0 fully saturated rings. The molecule has 0 aromatic heterocycles. The lowest BCUT2D eigenvalue weighted by Gasteiger charge is -2.10. The van der Waals surface area contributed by atoms with E-state index in [1.54, 1.807) is 60.7 Å². The predicted molar refractivity (Wildman–Crippen MR) is 131 cm³/mol. The van der Waals surface area contributed by atoms with Gasteiger partial charge in [0.1, 0.15) is 5.75 Å². The first-order valence-electron chi connectivity index (χ1n) is 10.2. The molecule has 0 spiro atoms. The summed E-state index contributed by atoms with van der Waals surface area (Å²) in [6.45, 7) is 0. The number of hydrogen-bond donors (Lipinski definition) is 2. The fourth-order valence-electron chi connectivity index (χ4n) is 3.16. The number of halogens is 1. The molecule has 2 amide bonds. The van der Waals surface area contributed by atoms with Crippen LogP contribution in [0.2, 0.25) is 5.02 Å². The van der Waals surface area contributed by atoms with Crippen molar-refractivity contribution in [1.29, 1.82) is 0 Å². The van der Waals surface area contributed by atoms with Crippen LogP contribution >= 0.6 is 11.6 Å². The van der Waals surface area contributed by atoms with Gasteiger partial charge in [0.2, 0.25) is 0 Å². The molecule has 4 rings (SSSR count). The highest BCUT2D eigenvalue weighted by atomic mass is 35.5. The second kappa shape index (κ2) is 10.4. The Kier molecular flexibility index (Phi) is 6.95. The zero-order valence-corrected chi connectivity index (χ0v) is 18.5. The van der Waals surface area contributed by atoms with Crippen LogP contribution in [-0.2, 0) is 9.59 Å². The molecule has 0 saturated carbocycles. The average molecular weight is 472 g/mol. The number of benzene rings is 4. The summed E-state index contributed by atoms with van der Waals surface area (Å²) in [5, 5.41) is 8.51. The van der Waals surface area contributed by atoms with Gasteiger partial charge in [0.05, 0.1) is 11.8 Å². The molecule has 4 aromatic rings. The number of ether oxygens (including phenoxy) is 1. The van der Waals surface area contributed by atoms with Gasteiger partial charge in [-0.15, -0.1) is 0 Å². The summed E-state index contributed by atoms with van der Waals surface area (Å²) in [4.78, 5) is 36.9. The number of amides is 2. The van der Waals surface area contributed by atoms with Crippen LogP contribution < -0.4 is 15.5 Å². The predicted octanol–water partition coefficient (Wildman–Crippen LogP) is 4.80. The lowest BCUT2D eigenvalue weighted by atomic mass is 10.0. The van der Waals surface area contributed by atoms with Crippen molar-refractivity contribution in [2.45, 2.75) is 0 Å². The smallest absolute Gasteiger partial charge is 0.343 e. The van der Waals surface area contributed by atoms with Crippen molar-refractivity contribution in [3.63, 3.8) is 0 Å². The molecule has 2 N–H and O–H groups in total. The van der Waals surface area contributed by atoms with Gasteiger partial charge in [0.25, 0.3) is 0 Å². The number of carbonyl (C=O) groups is 3. The Morgan fingerprint density at radius 2 is 1.50 bits per heavy atom. The molecule has 0 aliphatic carbocycles. The van der Waals surface area contributed by atoms with Crippen LogP contribution in [0.1, 0.15) is 15.9 Å². The van der Waals surface area contributed by atoms with Crippen molar-refractivity contribution < 1.29 is 19.1 Å². The van der Waals surface area contributed by atoms with E-state index in [-0.39, 0.29) is 5.75 Å². The van der Waals surface area contributed by atoms with Crippen molar-refractivity contribution in [3.8, 4) is 5.75 Å². The summed E-state index contributed by atoms with van der Waals surface area (Å²) in [7, 11) is 0. The van der Waals surface area contributed by atoms with E-state index in [1.807, 2.05) is 30.3 Å². The number of nitrogens with one attached hydrogen (secondary N) is 2. The molecule has 0 radical (unpaired) electrons. The molecular weight excluding hydrogens is 454 g/mol. The van der Waals surface area contributed by atoms with Gasteiger partial charge >= 0.3 is 17.8 Å². The maximum Gasteiger partial charge on any atom is 0.343 e. The maximum absolute atomic E-state index is 12.6. The summed E-state index contributed by atoms with van der Waals surface area (Å²) in [5.41, 5.74) is 3.47. The van der Waals surface area contributed by atoms with Crippen molar-refractivity contribution in [2.75, 3.05) is 5.32 Å². The van der Waals surface area contributed by atoms with E-state index >= 15 is 0 Å². The minimum atomic E-state index is -0.944. The molecule has 0 heterocycles. The molecular formula is C26H18ClN3O4. The Labute approximate surface area is 200 Å². The van der Waals surface area contributed by atoms with E-state index in [2.05, 4.69) is 15.8 Å². The molecule has 7 nitrogen and oxygen atoms in total. The van der Waals surface area contributed by atoms with Crippen molar-refractivity contribution >= 4 is 52.1 Å². The fraction of sp³-hybridized carbons (Fsp3) is 0. The topological polar surface area (TPSA) is 96.9 Å². The summed E-state index contributed by atoms with van der Waals surface area (Å²) in [6, 6.07) is 25.8. The van der Waals surface area contributed by atoms with Gasteiger partial charge in [-0.05, 0) is 53.2 Å². The second-order valence-electron chi connectivity index (χ2n) is 7.11. The second-order valence-corrected chi connectivity index (χ2v) is 7.55. The van der Waals surface area contributed by atoms with Crippen molar-refractivity contribution in [1.82, 2.24) is 5.43 Å². The average Bonchev–Trinajstić information content (AvgIpc) is 2.86. The number of esters is 1. The number of hydrogen-bond acceptors (Lipinski definition) is 5. The van der Waals surface area contributed by atoms with Gasteiger partial charge in [-0.3, -0.25) is 9.59 Å². The Balaban J connectivity index is 1.54. The Morgan fingerprint density at radius 1 is 0.794 bits per heavy atom. The van der Waals surface area contributed by atoms with Crippen LogP contribution in [-0.4, -0.2) is 24.0 Å². The van der Waals surface area contributed by atoms with Crippen LogP contribution in [0.15, 0.2) is 96.1 Å². The number of carbonyl (C=O) groups excluding carboxylic acids is 3. The van der Waals surface area contributed by atoms with Crippen LogP contribution in [0.4, 0.5) is 5.69 Å². The Bertz CT molecular complexity index is 1390. The molecule has 168 valence electrons. The zero-order chi connectivity index (χ0) is 23.9. The largest absolute Gasteiger partial charge is 0.422 e. The minimum absolute atomic E-state index is 0.241. The van der Waals surface area contributed by atoms with E-state index in [0.717, 1.165) is 10.8 Å². The normalized spacial score (nSPS) is 10.7. The maximum atomic E-state index is 12.6. The van der Waals surface area contributed by atoms with E-state index in [0.29, 0.717) is 21.8 Å².